The van der Waals surface area contributed by atoms with Crippen molar-refractivity contribution in [1.29, 1.82) is 0 Å². The average Bonchev–Trinajstić information content (AvgIpc) is 2.45. The third-order valence-corrected chi connectivity index (χ3v) is 2.81. The molecule has 0 spiro atoms. The van der Waals surface area contributed by atoms with E-state index in [1.165, 1.54) is 0 Å². The molecule has 78 valence electrons. The van der Waals surface area contributed by atoms with Crippen molar-refractivity contribution in [3.05, 3.63) is 17.5 Å². The molecular formula is C9H14BrN3O. The Balaban J connectivity index is 2.79. The Morgan fingerprint density at radius 2 is 2.43 bits per heavy atom. The molecule has 0 aliphatic heterocycles. The Hall–Kier alpha value is -0.840. The summed E-state index contributed by atoms with van der Waals surface area (Å²) in [6.45, 7) is 2.04. The zero-order valence-electron chi connectivity index (χ0n) is 8.33. The Morgan fingerprint density at radius 3 is 2.93 bits per heavy atom. The summed E-state index contributed by atoms with van der Waals surface area (Å²) in [5.41, 5.74) is 7.27. The monoisotopic (exact) mass is 259 g/mol. The molecule has 1 aromatic rings. The highest BCUT2D eigenvalue weighted by Crippen LogP contribution is 2.13. The van der Waals surface area contributed by atoms with E-state index in [1.54, 1.807) is 4.68 Å². The predicted octanol–water partition coefficient (Wildman–Crippen LogP) is 0.774. The Morgan fingerprint density at radius 1 is 1.79 bits per heavy atom. The van der Waals surface area contributed by atoms with Gasteiger partial charge in [0.05, 0.1) is 10.5 Å². The highest BCUT2D eigenvalue weighted by atomic mass is 79.9. The van der Waals surface area contributed by atoms with Gasteiger partial charge in [0, 0.05) is 13.2 Å². The zero-order chi connectivity index (χ0) is 10.7. The second kappa shape index (κ2) is 4.59. The number of hydrogen-bond donors (Lipinski definition) is 1. The lowest BCUT2D eigenvalue weighted by Crippen LogP contribution is -2.25. The first-order chi connectivity index (χ1) is 6.54. The minimum Gasteiger partial charge on any atom is -0.369 e. The van der Waals surface area contributed by atoms with Gasteiger partial charge in [-0.3, -0.25) is 9.48 Å². The van der Waals surface area contributed by atoms with E-state index < -0.39 is 0 Å². The number of rotatable bonds is 4. The van der Waals surface area contributed by atoms with Gasteiger partial charge in [0.2, 0.25) is 5.91 Å². The molecule has 0 saturated heterocycles. The van der Waals surface area contributed by atoms with Crippen LogP contribution in [0.5, 0.6) is 0 Å². The van der Waals surface area contributed by atoms with Gasteiger partial charge in [-0.2, -0.15) is 5.10 Å². The SMILES string of the molecule is CCc1nn(C)cc1CC(Br)C(N)=O. The third-order valence-electron chi connectivity index (χ3n) is 2.03. The van der Waals surface area contributed by atoms with Crippen LogP contribution >= 0.6 is 15.9 Å². The molecule has 1 rings (SSSR count). The van der Waals surface area contributed by atoms with Crippen molar-refractivity contribution in [2.75, 3.05) is 0 Å². The normalized spacial score (nSPS) is 12.8. The fourth-order valence-electron chi connectivity index (χ4n) is 1.35. The number of primary amides is 1. The summed E-state index contributed by atoms with van der Waals surface area (Å²) in [6, 6.07) is 0. The molecule has 0 radical (unpaired) electrons. The van der Waals surface area contributed by atoms with Crippen molar-refractivity contribution in [1.82, 2.24) is 9.78 Å². The first-order valence-corrected chi connectivity index (χ1v) is 5.41. The molecule has 1 amide bonds. The van der Waals surface area contributed by atoms with Crippen LogP contribution in [-0.4, -0.2) is 20.5 Å². The maximum Gasteiger partial charge on any atom is 0.231 e. The lowest BCUT2D eigenvalue weighted by Gasteiger charge is -2.03. The highest BCUT2D eigenvalue weighted by Gasteiger charge is 2.15. The smallest absolute Gasteiger partial charge is 0.231 e. The van der Waals surface area contributed by atoms with Crippen molar-refractivity contribution in [2.45, 2.75) is 24.6 Å². The van der Waals surface area contributed by atoms with Crippen LogP contribution in [0.25, 0.3) is 0 Å². The molecule has 2 N–H and O–H groups in total. The van der Waals surface area contributed by atoms with Gasteiger partial charge in [-0.1, -0.05) is 22.9 Å². The highest BCUT2D eigenvalue weighted by molar-refractivity contribution is 9.10. The first-order valence-electron chi connectivity index (χ1n) is 4.49. The summed E-state index contributed by atoms with van der Waals surface area (Å²) >= 11 is 3.24. The first kappa shape index (κ1) is 11.2. The maximum atomic E-state index is 10.9. The van der Waals surface area contributed by atoms with Crippen LogP contribution in [0.2, 0.25) is 0 Å². The number of halogens is 1. The second-order valence-corrected chi connectivity index (χ2v) is 4.31. The molecule has 0 fully saturated rings. The number of carbonyl (C=O) groups excluding carboxylic acids is 1. The van der Waals surface area contributed by atoms with Crippen LogP contribution in [0.15, 0.2) is 6.20 Å². The summed E-state index contributed by atoms with van der Waals surface area (Å²) in [5, 5.41) is 4.29. The Labute approximate surface area is 91.6 Å². The quantitative estimate of drug-likeness (QED) is 0.813. The van der Waals surface area contributed by atoms with E-state index in [9.17, 15) is 4.79 Å². The molecule has 14 heavy (non-hydrogen) atoms. The number of carbonyl (C=O) groups is 1. The fourth-order valence-corrected chi connectivity index (χ4v) is 1.69. The molecule has 1 atom stereocenters. The number of hydrogen-bond acceptors (Lipinski definition) is 2. The molecule has 0 aliphatic carbocycles. The van der Waals surface area contributed by atoms with Crippen molar-refractivity contribution >= 4 is 21.8 Å². The summed E-state index contributed by atoms with van der Waals surface area (Å²) < 4.78 is 1.76. The summed E-state index contributed by atoms with van der Waals surface area (Å²) in [6.07, 6.45) is 3.40. The van der Waals surface area contributed by atoms with Crippen LogP contribution in [0.1, 0.15) is 18.2 Å². The molecule has 5 heteroatoms. The van der Waals surface area contributed by atoms with Gasteiger partial charge in [-0.25, -0.2) is 0 Å². The van der Waals surface area contributed by atoms with Gasteiger partial charge < -0.3 is 5.73 Å². The van der Waals surface area contributed by atoms with Crippen molar-refractivity contribution in [3.8, 4) is 0 Å². The van der Waals surface area contributed by atoms with E-state index in [4.69, 9.17) is 5.73 Å². The number of amides is 1. The third kappa shape index (κ3) is 2.57. The van der Waals surface area contributed by atoms with Gasteiger partial charge in [0.15, 0.2) is 0 Å². The van der Waals surface area contributed by atoms with Crippen LogP contribution < -0.4 is 5.73 Å². The van der Waals surface area contributed by atoms with Crippen molar-refractivity contribution in [2.24, 2.45) is 12.8 Å². The van der Waals surface area contributed by atoms with Gasteiger partial charge >= 0.3 is 0 Å². The van der Waals surface area contributed by atoms with Gasteiger partial charge in [0.1, 0.15) is 0 Å². The molecule has 0 bridgehead atoms. The average molecular weight is 260 g/mol. The van der Waals surface area contributed by atoms with Gasteiger partial charge in [0.25, 0.3) is 0 Å². The largest absolute Gasteiger partial charge is 0.369 e. The number of nitrogens with two attached hydrogens (primary N) is 1. The molecule has 0 saturated carbocycles. The van der Waals surface area contributed by atoms with E-state index in [0.29, 0.717) is 6.42 Å². The van der Waals surface area contributed by atoms with Crippen LogP contribution in [0.3, 0.4) is 0 Å². The lowest BCUT2D eigenvalue weighted by atomic mass is 10.1. The molecule has 4 nitrogen and oxygen atoms in total. The topological polar surface area (TPSA) is 60.9 Å². The molecule has 0 aliphatic rings. The summed E-state index contributed by atoms with van der Waals surface area (Å²) in [4.78, 5) is 10.5. The zero-order valence-corrected chi connectivity index (χ0v) is 9.91. The summed E-state index contributed by atoms with van der Waals surface area (Å²) in [7, 11) is 1.87. The predicted molar refractivity (Wildman–Crippen MR) is 58.2 cm³/mol. The lowest BCUT2D eigenvalue weighted by molar-refractivity contribution is -0.117. The number of aryl methyl sites for hydroxylation is 2. The van der Waals surface area contributed by atoms with Crippen LogP contribution in [0, 0.1) is 0 Å². The molecule has 1 heterocycles. The van der Waals surface area contributed by atoms with E-state index in [0.717, 1.165) is 17.7 Å². The Bertz CT molecular complexity index is 335. The standard InChI is InChI=1S/C9H14BrN3O/c1-3-8-6(5-13(2)12-8)4-7(10)9(11)14/h5,7H,3-4H2,1-2H3,(H2,11,14). The molecule has 0 aromatic carbocycles. The minimum absolute atomic E-state index is 0.308. The van der Waals surface area contributed by atoms with E-state index in [2.05, 4.69) is 21.0 Å². The number of alkyl halides is 1. The van der Waals surface area contributed by atoms with Gasteiger partial charge in [-0.05, 0) is 18.4 Å². The van der Waals surface area contributed by atoms with Crippen LogP contribution in [-0.2, 0) is 24.7 Å². The van der Waals surface area contributed by atoms with E-state index in [-0.39, 0.29) is 10.7 Å². The molecular weight excluding hydrogens is 246 g/mol. The minimum atomic E-state index is -0.337. The number of nitrogens with zero attached hydrogens (tertiary/aromatic N) is 2. The summed E-state index contributed by atoms with van der Waals surface area (Å²) in [5.74, 6) is -0.337. The molecule has 1 unspecified atom stereocenters. The fraction of sp³-hybridized carbons (Fsp3) is 0.556. The van der Waals surface area contributed by atoms with Crippen LogP contribution in [0.4, 0.5) is 0 Å². The van der Waals surface area contributed by atoms with E-state index in [1.807, 2.05) is 20.2 Å². The maximum absolute atomic E-state index is 10.9. The molecule has 1 aromatic heterocycles. The Kier molecular flexibility index (Phi) is 3.69. The number of aromatic nitrogens is 2. The van der Waals surface area contributed by atoms with Crippen molar-refractivity contribution in [3.63, 3.8) is 0 Å². The second-order valence-electron chi connectivity index (χ2n) is 3.20. The van der Waals surface area contributed by atoms with E-state index >= 15 is 0 Å². The van der Waals surface area contributed by atoms with Gasteiger partial charge in [-0.15, -0.1) is 0 Å². The van der Waals surface area contributed by atoms with Crippen molar-refractivity contribution < 1.29 is 4.79 Å².